The molecule has 1 amide bonds. The summed E-state index contributed by atoms with van der Waals surface area (Å²) in [5.41, 5.74) is -0.197. The van der Waals surface area contributed by atoms with Gasteiger partial charge in [-0.1, -0.05) is 15.9 Å². The van der Waals surface area contributed by atoms with Gasteiger partial charge in [-0.2, -0.15) is 13.2 Å². The summed E-state index contributed by atoms with van der Waals surface area (Å²) in [5, 5.41) is 10.5. The number of carbonyl (C=O) groups is 2. The van der Waals surface area contributed by atoms with Crippen molar-refractivity contribution in [2.24, 2.45) is 0 Å². The van der Waals surface area contributed by atoms with E-state index in [9.17, 15) is 22.8 Å². The highest BCUT2D eigenvalue weighted by Gasteiger charge is 2.27. The number of carbonyl (C=O) groups excluding carboxylic acids is 1. The summed E-state index contributed by atoms with van der Waals surface area (Å²) in [5.74, 6) is -2.39. The Morgan fingerprint density at radius 2 is 2.00 bits per heavy atom. The second kappa shape index (κ2) is 6.60. The van der Waals surface area contributed by atoms with Crippen LogP contribution >= 0.6 is 15.9 Å². The molecule has 0 atom stereocenters. The number of carboxylic acid groups (broad SMARTS) is 1. The number of hydrogen-bond donors (Lipinski definition) is 2. The van der Waals surface area contributed by atoms with E-state index in [0.29, 0.717) is 4.47 Å². The minimum Gasteiger partial charge on any atom is -0.483 e. The summed E-state index contributed by atoms with van der Waals surface area (Å²) < 4.78 is 41.0. The van der Waals surface area contributed by atoms with Crippen LogP contribution in [0.4, 0.5) is 13.2 Å². The molecule has 5 nitrogen and oxygen atoms in total. The third kappa shape index (κ3) is 5.47. The zero-order valence-electron chi connectivity index (χ0n) is 9.83. The molecule has 0 radical (unpaired) electrons. The Kier molecular flexibility index (Phi) is 5.37. The molecule has 0 spiro atoms. The molecule has 0 aromatic heterocycles. The lowest BCUT2D eigenvalue weighted by molar-refractivity contribution is -0.139. The van der Waals surface area contributed by atoms with Gasteiger partial charge in [-0.25, -0.2) is 4.79 Å². The number of ether oxygens (including phenoxy) is 1. The fourth-order valence-electron chi connectivity index (χ4n) is 1.19. The maximum Gasteiger partial charge on any atom is 0.405 e. The Morgan fingerprint density at radius 3 is 2.55 bits per heavy atom. The number of benzene rings is 1. The van der Waals surface area contributed by atoms with Gasteiger partial charge in [-0.15, -0.1) is 0 Å². The highest BCUT2D eigenvalue weighted by atomic mass is 79.9. The third-order valence-electron chi connectivity index (χ3n) is 2.02. The van der Waals surface area contributed by atoms with Gasteiger partial charge in [0.15, 0.2) is 6.61 Å². The van der Waals surface area contributed by atoms with Gasteiger partial charge >= 0.3 is 12.1 Å². The summed E-state index contributed by atoms with van der Waals surface area (Å²) in [6.07, 6.45) is -4.52. The second-order valence-electron chi connectivity index (χ2n) is 3.63. The third-order valence-corrected chi connectivity index (χ3v) is 2.51. The van der Waals surface area contributed by atoms with Crippen LogP contribution in [0.25, 0.3) is 0 Å². The molecule has 0 saturated carbocycles. The van der Waals surface area contributed by atoms with Gasteiger partial charge in [-0.05, 0) is 18.2 Å². The van der Waals surface area contributed by atoms with Gasteiger partial charge in [0.05, 0.1) is 0 Å². The van der Waals surface area contributed by atoms with Crippen molar-refractivity contribution in [2.75, 3.05) is 13.2 Å². The summed E-state index contributed by atoms with van der Waals surface area (Å²) in [6.45, 7) is -2.19. The molecule has 0 aliphatic heterocycles. The lowest BCUT2D eigenvalue weighted by Crippen LogP contribution is -2.36. The van der Waals surface area contributed by atoms with E-state index >= 15 is 0 Å². The standard InChI is InChI=1S/C11H9BrF3NO4/c12-6-1-2-7(10(18)19)8(3-6)20-4-9(17)16-5-11(13,14)15/h1-3H,4-5H2,(H,16,17)(H,18,19). The number of aromatic carboxylic acids is 1. The van der Waals surface area contributed by atoms with Crippen LogP contribution in [0, 0.1) is 0 Å². The van der Waals surface area contributed by atoms with Gasteiger partial charge in [0.2, 0.25) is 0 Å². The molecular weight excluding hydrogens is 347 g/mol. The number of alkyl halides is 3. The van der Waals surface area contributed by atoms with E-state index in [1.54, 1.807) is 5.32 Å². The van der Waals surface area contributed by atoms with Crippen molar-refractivity contribution in [3.8, 4) is 5.75 Å². The first kappa shape index (κ1) is 16.3. The van der Waals surface area contributed by atoms with Gasteiger partial charge in [-0.3, -0.25) is 4.79 Å². The first-order valence-electron chi connectivity index (χ1n) is 5.18. The molecular formula is C11H9BrF3NO4. The van der Waals surface area contributed by atoms with Crippen molar-refractivity contribution in [3.63, 3.8) is 0 Å². The van der Waals surface area contributed by atoms with E-state index in [-0.39, 0.29) is 11.3 Å². The van der Waals surface area contributed by atoms with Crippen molar-refractivity contribution in [1.29, 1.82) is 0 Å². The van der Waals surface area contributed by atoms with Crippen LogP contribution in [0.1, 0.15) is 10.4 Å². The fraction of sp³-hybridized carbons (Fsp3) is 0.273. The largest absolute Gasteiger partial charge is 0.483 e. The number of amides is 1. The number of halogens is 4. The molecule has 0 unspecified atom stereocenters. The van der Waals surface area contributed by atoms with Crippen molar-refractivity contribution in [3.05, 3.63) is 28.2 Å². The maximum atomic E-state index is 11.9. The Bertz CT molecular complexity index is 519. The van der Waals surface area contributed by atoms with Crippen LogP contribution in [0.3, 0.4) is 0 Å². The topological polar surface area (TPSA) is 75.6 Å². The molecule has 1 rings (SSSR count). The monoisotopic (exact) mass is 355 g/mol. The van der Waals surface area contributed by atoms with E-state index in [2.05, 4.69) is 15.9 Å². The summed E-state index contributed by atoms with van der Waals surface area (Å²) in [7, 11) is 0. The van der Waals surface area contributed by atoms with Crippen molar-refractivity contribution < 1.29 is 32.6 Å². The van der Waals surface area contributed by atoms with Crippen LogP contribution in [-0.4, -0.2) is 36.3 Å². The molecule has 0 aliphatic carbocycles. The predicted octanol–water partition coefficient (Wildman–Crippen LogP) is 2.20. The van der Waals surface area contributed by atoms with Crippen LogP contribution in [0.5, 0.6) is 5.75 Å². The van der Waals surface area contributed by atoms with E-state index in [0.717, 1.165) is 0 Å². The van der Waals surface area contributed by atoms with Crippen LogP contribution in [-0.2, 0) is 4.79 Å². The van der Waals surface area contributed by atoms with Crippen LogP contribution < -0.4 is 10.1 Å². The predicted molar refractivity (Wildman–Crippen MR) is 65.7 cm³/mol. The summed E-state index contributed by atoms with van der Waals surface area (Å²) >= 11 is 3.09. The van der Waals surface area contributed by atoms with Gasteiger partial charge in [0.1, 0.15) is 17.9 Å². The number of hydrogen-bond acceptors (Lipinski definition) is 3. The van der Waals surface area contributed by atoms with Crippen molar-refractivity contribution in [2.45, 2.75) is 6.18 Å². The molecule has 0 bridgehead atoms. The molecule has 9 heteroatoms. The van der Waals surface area contributed by atoms with E-state index in [1.807, 2.05) is 0 Å². The Balaban J connectivity index is 2.63. The molecule has 20 heavy (non-hydrogen) atoms. The Morgan fingerprint density at radius 1 is 1.35 bits per heavy atom. The molecule has 1 aromatic carbocycles. The normalized spacial score (nSPS) is 11.0. The lowest BCUT2D eigenvalue weighted by Gasteiger charge is -2.11. The highest BCUT2D eigenvalue weighted by molar-refractivity contribution is 9.10. The Labute approximate surface area is 119 Å². The first-order valence-corrected chi connectivity index (χ1v) is 5.97. The van der Waals surface area contributed by atoms with Crippen LogP contribution in [0.15, 0.2) is 22.7 Å². The summed E-state index contributed by atoms with van der Waals surface area (Å²) in [6, 6.07) is 4.01. The van der Waals surface area contributed by atoms with Gasteiger partial charge in [0.25, 0.3) is 5.91 Å². The van der Waals surface area contributed by atoms with Crippen molar-refractivity contribution >= 4 is 27.8 Å². The lowest BCUT2D eigenvalue weighted by atomic mass is 10.2. The molecule has 2 N–H and O–H groups in total. The van der Waals surface area contributed by atoms with Gasteiger partial charge < -0.3 is 15.2 Å². The number of carboxylic acids is 1. The molecule has 0 saturated heterocycles. The van der Waals surface area contributed by atoms with Gasteiger partial charge in [0, 0.05) is 4.47 Å². The molecule has 0 fully saturated rings. The molecule has 110 valence electrons. The average molecular weight is 356 g/mol. The second-order valence-corrected chi connectivity index (χ2v) is 4.54. The van der Waals surface area contributed by atoms with Crippen LogP contribution in [0.2, 0.25) is 0 Å². The van der Waals surface area contributed by atoms with E-state index < -0.39 is 31.2 Å². The summed E-state index contributed by atoms with van der Waals surface area (Å²) in [4.78, 5) is 22.0. The maximum absolute atomic E-state index is 11.9. The van der Waals surface area contributed by atoms with Crippen molar-refractivity contribution in [1.82, 2.24) is 5.32 Å². The average Bonchev–Trinajstić information content (AvgIpc) is 2.32. The van der Waals surface area contributed by atoms with E-state index in [4.69, 9.17) is 9.84 Å². The highest BCUT2D eigenvalue weighted by Crippen LogP contribution is 2.23. The minimum absolute atomic E-state index is 0.117. The molecule has 1 aromatic rings. The zero-order chi connectivity index (χ0) is 15.3. The molecule has 0 aliphatic rings. The first-order chi connectivity index (χ1) is 9.19. The van der Waals surface area contributed by atoms with E-state index in [1.165, 1.54) is 18.2 Å². The Hall–Kier alpha value is -1.77. The zero-order valence-corrected chi connectivity index (χ0v) is 11.4. The quantitative estimate of drug-likeness (QED) is 0.848. The number of nitrogens with one attached hydrogen (secondary N) is 1. The smallest absolute Gasteiger partial charge is 0.405 e. The molecule has 0 heterocycles. The minimum atomic E-state index is -4.52. The number of rotatable bonds is 5. The SMILES string of the molecule is O=C(COc1cc(Br)ccc1C(=O)O)NCC(F)(F)F. The fourth-order valence-corrected chi connectivity index (χ4v) is 1.53.